The minimum absolute atomic E-state index is 0.0417. The maximum atomic E-state index is 10.8. The van der Waals surface area contributed by atoms with E-state index < -0.39 is 4.33 Å². The van der Waals surface area contributed by atoms with Crippen LogP contribution in [0.15, 0.2) is 0 Å². The summed E-state index contributed by atoms with van der Waals surface area (Å²) in [5, 5.41) is 0. The van der Waals surface area contributed by atoms with Gasteiger partial charge in [-0.2, -0.15) is 0 Å². The van der Waals surface area contributed by atoms with E-state index >= 15 is 0 Å². The van der Waals surface area contributed by atoms with Gasteiger partial charge in [0.1, 0.15) is 0 Å². The Morgan fingerprint density at radius 3 is 2.00 bits per heavy atom. The van der Waals surface area contributed by atoms with Crippen LogP contribution < -0.4 is 0 Å². The van der Waals surface area contributed by atoms with E-state index in [-0.39, 0.29) is 17.6 Å². The van der Waals surface area contributed by atoms with E-state index in [1.165, 1.54) is 0 Å². The van der Waals surface area contributed by atoms with E-state index in [2.05, 4.69) is 0 Å². The van der Waals surface area contributed by atoms with Crippen LogP contribution in [0.4, 0.5) is 0 Å². The lowest BCUT2D eigenvalue weighted by Gasteiger charge is -2.41. The number of Topliss-reactive ketones (excluding diaryl/α,β-unsaturated/α-hetero) is 1. The molecule has 2 atom stereocenters. The van der Waals surface area contributed by atoms with Crippen molar-refractivity contribution in [3.05, 3.63) is 0 Å². The molecule has 0 radical (unpaired) electrons. The minimum atomic E-state index is -1.08. The maximum Gasteiger partial charge on any atom is 0.179 e. The topological polar surface area (TPSA) is 17.1 Å². The van der Waals surface area contributed by atoms with Crippen molar-refractivity contribution in [2.75, 3.05) is 0 Å². The van der Waals surface area contributed by atoms with E-state index in [9.17, 15) is 4.79 Å². The molecule has 0 aromatic carbocycles. The van der Waals surface area contributed by atoms with Gasteiger partial charge in [0.25, 0.3) is 0 Å². The average Bonchev–Trinajstić information content (AvgIpc) is 1.84. The zero-order chi connectivity index (χ0) is 7.23. The zero-order valence-electron chi connectivity index (χ0n) is 5.32. The van der Waals surface area contributed by atoms with Gasteiger partial charge in [-0.3, -0.25) is 4.79 Å². The lowest BCUT2D eigenvalue weighted by molar-refractivity contribution is -0.133. The van der Waals surface area contributed by atoms with Crippen LogP contribution in [0.3, 0.4) is 0 Å². The van der Waals surface area contributed by atoms with Gasteiger partial charge >= 0.3 is 0 Å². The van der Waals surface area contributed by atoms with E-state index in [0.29, 0.717) is 0 Å². The van der Waals surface area contributed by atoms with Crippen molar-refractivity contribution in [1.82, 2.24) is 0 Å². The van der Waals surface area contributed by atoms with E-state index in [0.717, 1.165) is 0 Å². The molecule has 3 heteroatoms. The number of carbonyl (C=O) groups is 1. The van der Waals surface area contributed by atoms with Crippen molar-refractivity contribution >= 4 is 29.0 Å². The SMILES string of the molecule is CC1C(=O)C(Cl)(Cl)C1C. The Morgan fingerprint density at radius 1 is 1.44 bits per heavy atom. The third-order valence-corrected chi connectivity index (χ3v) is 3.12. The second kappa shape index (κ2) is 1.86. The summed E-state index contributed by atoms with van der Waals surface area (Å²) >= 11 is 11.2. The van der Waals surface area contributed by atoms with Crippen LogP contribution in [0, 0.1) is 11.8 Å². The minimum Gasteiger partial charge on any atom is -0.296 e. The van der Waals surface area contributed by atoms with Crippen LogP contribution in [-0.4, -0.2) is 10.1 Å². The van der Waals surface area contributed by atoms with Gasteiger partial charge in [-0.1, -0.05) is 37.0 Å². The molecule has 0 aromatic heterocycles. The van der Waals surface area contributed by atoms with Gasteiger partial charge in [0.05, 0.1) is 0 Å². The highest BCUT2D eigenvalue weighted by molar-refractivity contribution is 6.60. The molecule has 0 bridgehead atoms. The Bertz CT molecular complexity index is 153. The predicted octanol–water partition coefficient (Wildman–Crippen LogP) is 2.02. The van der Waals surface area contributed by atoms with E-state index in [1.807, 2.05) is 13.8 Å². The van der Waals surface area contributed by atoms with Crippen LogP contribution in [0.1, 0.15) is 13.8 Å². The summed E-state index contributed by atoms with van der Waals surface area (Å²) in [4.78, 5) is 10.8. The molecule has 1 aliphatic rings. The second-order valence-corrected chi connectivity index (χ2v) is 3.95. The number of halogens is 2. The van der Waals surface area contributed by atoms with E-state index in [4.69, 9.17) is 23.2 Å². The Kier molecular flexibility index (Phi) is 1.52. The fourth-order valence-corrected chi connectivity index (χ4v) is 1.69. The molecule has 52 valence electrons. The molecule has 1 saturated carbocycles. The Labute approximate surface area is 64.3 Å². The quantitative estimate of drug-likeness (QED) is 0.504. The molecule has 0 spiro atoms. The van der Waals surface area contributed by atoms with Crippen LogP contribution in [0.2, 0.25) is 0 Å². The summed E-state index contributed by atoms with van der Waals surface area (Å²) < 4.78 is -1.08. The van der Waals surface area contributed by atoms with Crippen molar-refractivity contribution in [3.8, 4) is 0 Å². The second-order valence-electron chi connectivity index (χ2n) is 2.56. The molecule has 2 unspecified atom stereocenters. The number of carbonyl (C=O) groups excluding carboxylic acids is 1. The van der Waals surface area contributed by atoms with Crippen molar-refractivity contribution in [3.63, 3.8) is 0 Å². The summed E-state index contributed by atoms with van der Waals surface area (Å²) in [6, 6.07) is 0. The van der Waals surface area contributed by atoms with Gasteiger partial charge in [-0.15, -0.1) is 0 Å². The van der Waals surface area contributed by atoms with Gasteiger partial charge < -0.3 is 0 Å². The molecular weight excluding hydrogens is 159 g/mol. The van der Waals surface area contributed by atoms with Crippen molar-refractivity contribution in [2.45, 2.75) is 18.2 Å². The molecule has 0 amide bonds. The summed E-state index contributed by atoms with van der Waals surface area (Å²) in [6.45, 7) is 3.72. The Hall–Kier alpha value is 0.250. The van der Waals surface area contributed by atoms with Crippen molar-refractivity contribution in [1.29, 1.82) is 0 Å². The molecule has 1 fully saturated rings. The largest absolute Gasteiger partial charge is 0.296 e. The number of hydrogen-bond acceptors (Lipinski definition) is 1. The highest BCUT2D eigenvalue weighted by Crippen LogP contribution is 2.47. The lowest BCUT2D eigenvalue weighted by atomic mass is 9.74. The first kappa shape index (κ1) is 7.36. The van der Waals surface area contributed by atoms with Crippen LogP contribution in [0.5, 0.6) is 0 Å². The molecule has 0 saturated heterocycles. The first-order valence-electron chi connectivity index (χ1n) is 2.90. The molecular formula is C6H8Cl2O. The molecule has 1 rings (SSSR count). The molecule has 0 N–H and O–H groups in total. The third-order valence-electron chi connectivity index (χ3n) is 2.06. The number of rotatable bonds is 0. The van der Waals surface area contributed by atoms with Crippen LogP contribution >= 0.6 is 23.2 Å². The number of ketones is 1. The third kappa shape index (κ3) is 0.786. The molecule has 1 nitrogen and oxygen atoms in total. The van der Waals surface area contributed by atoms with Crippen LogP contribution in [0.25, 0.3) is 0 Å². The first-order valence-corrected chi connectivity index (χ1v) is 3.65. The van der Waals surface area contributed by atoms with Crippen LogP contribution in [-0.2, 0) is 4.79 Å². The Balaban J connectivity index is 2.73. The molecule has 0 heterocycles. The van der Waals surface area contributed by atoms with Gasteiger partial charge in [0, 0.05) is 11.8 Å². The predicted molar refractivity (Wildman–Crippen MR) is 37.8 cm³/mol. The molecule has 0 aromatic rings. The fourth-order valence-electron chi connectivity index (χ4n) is 0.973. The number of hydrogen-bond donors (Lipinski definition) is 0. The van der Waals surface area contributed by atoms with Gasteiger partial charge in [0.2, 0.25) is 0 Å². The lowest BCUT2D eigenvalue weighted by Crippen LogP contribution is -2.53. The highest BCUT2D eigenvalue weighted by Gasteiger charge is 2.55. The average molecular weight is 167 g/mol. The highest BCUT2D eigenvalue weighted by atomic mass is 35.5. The number of alkyl halides is 2. The fraction of sp³-hybridized carbons (Fsp3) is 0.833. The van der Waals surface area contributed by atoms with Crippen molar-refractivity contribution in [2.24, 2.45) is 11.8 Å². The standard InChI is InChI=1S/C6H8Cl2O/c1-3-4(2)6(7,8)5(3)9/h3-4H,1-2H3. The molecule has 9 heavy (non-hydrogen) atoms. The van der Waals surface area contributed by atoms with Gasteiger partial charge in [-0.25, -0.2) is 0 Å². The first-order chi connectivity index (χ1) is 3.98. The summed E-state index contributed by atoms with van der Waals surface area (Å²) in [5.74, 6) is 0.103. The smallest absolute Gasteiger partial charge is 0.179 e. The van der Waals surface area contributed by atoms with E-state index in [1.54, 1.807) is 0 Å². The summed E-state index contributed by atoms with van der Waals surface area (Å²) in [6.07, 6.45) is 0. The molecule has 0 aliphatic heterocycles. The maximum absolute atomic E-state index is 10.8. The van der Waals surface area contributed by atoms with Gasteiger partial charge in [0.15, 0.2) is 10.1 Å². The molecule has 1 aliphatic carbocycles. The summed E-state index contributed by atoms with van der Waals surface area (Å²) in [5.41, 5.74) is 0. The monoisotopic (exact) mass is 166 g/mol. The van der Waals surface area contributed by atoms with Crippen molar-refractivity contribution < 1.29 is 4.79 Å². The summed E-state index contributed by atoms with van der Waals surface area (Å²) in [7, 11) is 0. The normalized spacial score (nSPS) is 40.2. The Morgan fingerprint density at radius 2 is 1.89 bits per heavy atom. The van der Waals surface area contributed by atoms with Gasteiger partial charge in [-0.05, 0) is 0 Å². The zero-order valence-corrected chi connectivity index (χ0v) is 6.83.